The first-order valence-corrected chi connectivity index (χ1v) is 16.7. The van der Waals surface area contributed by atoms with E-state index in [1.807, 2.05) is 30.3 Å². The smallest absolute Gasteiger partial charge is 0.244 e. The minimum atomic E-state index is -3.92. The van der Waals surface area contributed by atoms with E-state index in [2.05, 4.69) is 5.32 Å². The molecular weight excluding hydrogens is 617 g/mol. The fourth-order valence-corrected chi connectivity index (χ4v) is 6.80. The van der Waals surface area contributed by atoms with Crippen LogP contribution in [0.15, 0.2) is 66.7 Å². The third-order valence-electron chi connectivity index (χ3n) is 7.48. The minimum absolute atomic E-state index is 0.0123. The largest absolute Gasteiger partial charge is 0.352 e. The number of benzene rings is 3. The quantitative estimate of drug-likeness (QED) is 0.260. The molecule has 0 bridgehead atoms. The number of hydrogen-bond donors (Lipinski definition) is 1. The molecule has 2 amide bonds. The van der Waals surface area contributed by atoms with Crippen molar-refractivity contribution in [2.45, 2.75) is 57.7 Å². The number of rotatable bonds is 11. The van der Waals surface area contributed by atoms with Crippen molar-refractivity contribution in [3.8, 4) is 0 Å². The van der Waals surface area contributed by atoms with E-state index in [1.165, 1.54) is 11.0 Å². The van der Waals surface area contributed by atoms with Crippen LogP contribution in [0.2, 0.25) is 15.1 Å². The van der Waals surface area contributed by atoms with Gasteiger partial charge >= 0.3 is 0 Å². The molecule has 11 heteroatoms. The molecule has 0 spiro atoms. The van der Waals surface area contributed by atoms with Gasteiger partial charge in [-0.2, -0.15) is 0 Å². The molecule has 1 fully saturated rings. The molecule has 7 nitrogen and oxygen atoms in total. The number of anilines is 1. The molecule has 0 aliphatic heterocycles. The van der Waals surface area contributed by atoms with Crippen molar-refractivity contribution in [3.63, 3.8) is 0 Å². The van der Waals surface area contributed by atoms with Crippen molar-refractivity contribution in [2.75, 3.05) is 17.1 Å². The van der Waals surface area contributed by atoms with Crippen LogP contribution in [-0.2, 0) is 32.6 Å². The summed E-state index contributed by atoms with van der Waals surface area (Å²) in [6, 6.07) is 18.3. The lowest BCUT2D eigenvalue weighted by molar-refractivity contribution is -0.140. The molecule has 3 aromatic rings. The highest BCUT2D eigenvalue weighted by Crippen LogP contribution is 2.30. The van der Waals surface area contributed by atoms with Crippen LogP contribution in [0.3, 0.4) is 0 Å². The first kappa shape index (κ1) is 32.1. The Kier molecular flexibility index (Phi) is 10.8. The second-order valence-corrected chi connectivity index (χ2v) is 13.8. The van der Waals surface area contributed by atoms with Gasteiger partial charge in [0.15, 0.2) is 0 Å². The lowest BCUT2D eigenvalue weighted by Crippen LogP contribution is -2.54. The first-order valence-electron chi connectivity index (χ1n) is 13.7. The summed E-state index contributed by atoms with van der Waals surface area (Å²) in [5, 5.41) is 4.13. The number of nitrogens with zero attached hydrogens (tertiary/aromatic N) is 2. The summed E-state index contributed by atoms with van der Waals surface area (Å²) >= 11 is 19.3. The van der Waals surface area contributed by atoms with E-state index >= 15 is 0 Å². The topological polar surface area (TPSA) is 86.8 Å². The number of aryl methyl sites for hydroxylation is 1. The van der Waals surface area contributed by atoms with Gasteiger partial charge in [-0.1, -0.05) is 90.1 Å². The number of carbonyl (C=O) groups is 2. The summed E-state index contributed by atoms with van der Waals surface area (Å²) in [5.41, 5.74) is 2.21. The molecule has 1 unspecified atom stereocenters. The van der Waals surface area contributed by atoms with Crippen molar-refractivity contribution < 1.29 is 18.0 Å². The lowest BCUT2D eigenvalue weighted by atomic mass is 10.0. The zero-order valence-electron chi connectivity index (χ0n) is 23.5. The maximum atomic E-state index is 14.3. The van der Waals surface area contributed by atoms with Crippen LogP contribution in [0.1, 0.15) is 42.4 Å². The predicted molar refractivity (Wildman–Crippen MR) is 170 cm³/mol. The van der Waals surface area contributed by atoms with Gasteiger partial charge in [-0.05, 0) is 55.2 Å². The van der Waals surface area contributed by atoms with E-state index in [-0.39, 0.29) is 30.6 Å². The highest BCUT2D eigenvalue weighted by Gasteiger charge is 2.35. The Labute approximate surface area is 262 Å². The molecule has 4 rings (SSSR count). The third-order valence-corrected chi connectivity index (χ3v) is 9.55. The molecule has 1 saturated carbocycles. The average molecular weight is 651 g/mol. The van der Waals surface area contributed by atoms with Crippen molar-refractivity contribution in [1.82, 2.24) is 10.2 Å². The number of carbonyl (C=O) groups excluding carboxylic acids is 2. The maximum absolute atomic E-state index is 14.3. The Morgan fingerprint density at radius 2 is 1.60 bits per heavy atom. The van der Waals surface area contributed by atoms with Gasteiger partial charge in [0, 0.05) is 39.6 Å². The van der Waals surface area contributed by atoms with Crippen LogP contribution < -0.4 is 9.62 Å². The first-order chi connectivity index (χ1) is 19.9. The van der Waals surface area contributed by atoms with Crippen LogP contribution in [0, 0.1) is 6.92 Å². The summed E-state index contributed by atoms with van der Waals surface area (Å²) in [4.78, 5) is 29.6. The zero-order chi connectivity index (χ0) is 30.4. The highest BCUT2D eigenvalue weighted by atomic mass is 35.5. The molecule has 0 saturated heterocycles. The van der Waals surface area contributed by atoms with E-state index in [9.17, 15) is 18.0 Å². The van der Waals surface area contributed by atoms with Gasteiger partial charge in [0.05, 0.1) is 11.9 Å². The van der Waals surface area contributed by atoms with Crippen LogP contribution in [0.5, 0.6) is 0 Å². The van der Waals surface area contributed by atoms with Crippen molar-refractivity contribution in [3.05, 3.63) is 98.5 Å². The Bertz CT molecular complexity index is 1510. The predicted octanol–water partition coefficient (Wildman–Crippen LogP) is 6.42. The van der Waals surface area contributed by atoms with Crippen LogP contribution >= 0.6 is 34.8 Å². The fraction of sp³-hybridized carbons (Fsp3) is 0.355. The van der Waals surface area contributed by atoms with E-state index in [4.69, 9.17) is 34.8 Å². The van der Waals surface area contributed by atoms with Gasteiger partial charge in [-0.25, -0.2) is 8.42 Å². The Morgan fingerprint density at radius 3 is 2.21 bits per heavy atom. The van der Waals surface area contributed by atoms with Gasteiger partial charge in [0.1, 0.15) is 12.6 Å². The molecule has 1 N–H and O–H groups in total. The molecule has 42 heavy (non-hydrogen) atoms. The Hall–Kier alpha value is -2.78. The summed E-state index contributed by atoms with van der Waals surface area (Å²) in [6.07, 6.45) is 5.02. The highest BCUT2D eigenvalue weighted by molar-refractivity contribution is 7.92. The zero-order valence-corrected chi connectivity index (χ0v) is 26.6. The molecule has 1 aliphatic rings. The summed E-state index contributed by atoms with van der Waals surface area (Å²) in [5.74, 6) is -0.898. The average Bonchev–Trinajstić information content (AvgIpc) is 3.45. The van der Waals surface area contributed by atoms with Crippen molar-refractivity contribution >= 4 is 62.3 Å². The molecule has 3 aromatic carbocycles. The number of sulfonamides is 1. The lowest BCUT2D eigenvalue weighted by Gasteiger charge is -2.34. The maximum Gasteiger partial charge on any atom is 0.244 e. The molecular formula is C31H34Cl3N3O4S. The van der Waals surface area contributed by atoms with Gasteiger partial charge < -0.3 is 10.2 Å². The van der Waals surface area contributed by atoms with Crippen LogP contribution in [0.25, 0.3) is 0 Å². The summed E-state index contributed by atoms with van der Waals surface area (Å²) in [7, 11) is -3.92. The van der Waals surface area contributed by atoms with Gasteiger partial charge in [0.25, 0.3) is 0 Å². The SMILES string of the molecule is Cc1ccc(Cl)cc1N(CC(=O)N(Cc1c(Cl)cccc1Cl)C(Cc1ccccc1)C(=O)NC1CCCC1)S(C)(=O)=O. The van der Waals surface area contributed by atoms with E-state index in [0.717, 1.165) is 41.8 Å². The normalized spacial score (nSPS) is 14.4. The Balaban J connectivity index is 1.78. The third kappa shape index (κ3) is 8.19. The molecule has 1 aliphatic carbocycles. The van der Waals surface area contributed by atoms with Crippen molar-refractivity contribution in [2.24, 2.45) is 0 Å². The van der Waals surface area contributed by atoms with Gasteiger partial charge in [-0.3, -0.25) is 13.9 Å². The minimum Gasteiger partial charge on any atom is -0.352 e. The van der Waals surface area contributed by atoms with Gasteiger partial charge in [0.2, 0.25) is 21.8 Å². The second-order valence-electron chi connectivity index (χ2n) is 10.6. The second kappa shape index (κ2) is 14.1. The molecule has 224 valence electrons. The molecule has 0 aromatic heterocycles. The van der Waals surface area contributed by atoms with E-state index < -0.39 is 28.5 Å². The number of halogens is 3. The van der Waals surface area contributed by atoms with E-state index in [0.29, 0.717) is 26.2 Å². The van der Waals surface area contributed by atoms with Crippen LogP contribution in [0.4, 0.5) is 5.69 Å². The molecule has 1 atom stereocenters. The summed E-state index contributed by atoms with van der Waals surface area (Å²) < 4.78 is 27.1. The van der Waals surface area contributed by atoms with Gasteiger partial charge in [-0.15, -0.1) is 0 Å². The molecule has 0 heterocycles. The number of hydrogen-bond acceptors (Lipinski definition) is 4. The van der Waals surface area contributed by atoms with E-state index in [1.54, 1.807) is 37.3 Å². The number of nitrogens with one attached hydrogen (secondary N) is 1. The van der Waals surface area contributed by atoms with Crippen LogP contribution in [-0.4, -0.2) is 50.0 Å². The molecule has 0 radical (unpaired) electrons. The monoisotopic (exact) mass is 649 g/mol. The fourth-order valence-electron chi connectivity index (χ4n) is 5.22. The Morgan fingerprint density at radius 1 is 0.952 bits per heavy atom. The van der Waals surface area contributed by atoms with Crippen molar-refractivity contribution in [1.29, 1.82) is 0 Å². The summed E-state index contributed by atoms with van der Waals surface area (Å²) in [6.45, 7) is 1.09. The number of amides is 2. The standard InChI is InChI=1S/C31H34Cl3N3O4S/c1-21-15-16-23(32)18-28(21)37(42(2,40)41)20-30(38)36(19-25-26(33)13-8-14-27(25)34)29(17-22-9-4-3-5-10-22)31(39)35-24-11-6-7-12-24/h3-5,8-10,13-16,18,24,29H,6-7,11-12,17,19-20H2,1-2H3,(H,35,39).